The summed E-state index contributed by atoms with van der Waals surface area (Å²) in [5.41, 5.74) is 11.5. The molecule has 0 aliphatic carbocycles. The zero-order chi connectivity index (χ0) is 30.8. The molecule has 1 aliphatic rings. The van der Waals surface area contributed by atoms with Gasteiger partial charge >= 0.3 is 0 Å². The number of nitrogens with two attached hydrogens (primary N) is 1. The van der Waals surface area contributed by atoms with Crippen molar-refractivity contribution in [3.05, 3.63) is 103 Å². The standard InChI is InChI=1S/C33H28FN11/c34-22-5-8-26(39-19-22)27-9-10-28-33(41-27)45(32(42-28)25-2-1-14-38-31(25)36)24-6-3-21(4-7-24)20-44-16-12-23(13-17-44)40-29-11-15-37-30(18-35)43-29/h1-11,14-15,19,23H,12-13,16-17,20H2,(H2,36,38)(H,37,40,43). The molecule has 11 nitrogen and oxygen atoms in total. The molecule has 1 fully saturated rings. The van der Waals surface area contributed by atoms with Crippen LogP contribution in [0.4, 0.5) is 16.0 Å². The van der Waals surface area contributed by atoms with E-state index in [1.807, 2.05) is 34.9 Å². The molecule has 0 spiro atoms. The van der Waals surface area contributed by atoms with Crippen molar-refractivity contribution in [2.45, 2.75) is 25.4 Å². The molecule has 0 saturated carbocycles. The van der Waals surface area contributed by atoms with E-state index in [0.717, 1.165) is 38.2 Å². The summed E-state index contributed by atoms with van der Waals surface area (Å²) in [6, 6.07) is 22.9. The summed E-state index contributed by atoms with van der Waals surface area (Å²) in [6.45, 7) is 2.71. The Morgan fingerprint density at radius 1 is 0.889 bits per heavy atom. The number of hydrogen-bond acceptors (Lipinski definition) is 10. The molecule has 0 atom stereocenters. The van der Waals surface area contributed by atoms with E-state index >= 15 is 0 Å². The second-order valence-electron chi connectivity index (χ2n) is 10.8. The monoisotopic (exact) mass is 597 g/mol. The van der Waals surface area contributed by atoms with Crippen LogP contribution in [0.1, 0.15) is 24.2 Å². The first-order valence-corrected chi connectivity index (χ1v) is 14.6. The second-order valence-corrected chi connectivity index (χ2v) is 10.8. The highest BCUT2D eigenvalue weighted by Crippen LogP contribution is 2.31. The summed E-state index contributed by atoms with van der Waals surface area (Å²) >= 11 is 0. The van der Waals surface area contributed by atoms with Crippen LogP contribution in [0.5, 0.6) is 0 Å². The number of nitriles is 1. The highest BCUT2D eigenvalue weighted by molar-refractivity contribution is 5.84. The highest BCUT2D eigenvalue weighted by atomic mass is 19.1. The van der Waals surface area contributed by atoms with Crippen LogP contribution < -0.4 is 11.1 Å². The fourth-order valence-electron chi connectivity index (χ4n) is 5.61. The molecule has 0 radical (unpaired) electrons. The molecule has 5 aromatic heterocycles. The maximum atomic E-state index is 13.5. The number of imidazole rings is 1. The van der Waals surface area contributed by atoms with Gasteiger partial charge in [-0.2, -0.15) is 5.26 Å². The minimum atomic E-state index is -0.405. The number of pyridine rings is 3. The smallest absolute Gasteiger partial charge is 0.234 e. The van der Waals surface area contributed by atoms with Crippen molar-refractivity contribution in [1.82, 2.24) is 39.4 Å². The highest BCUT2D eigenvalue weighted by Gasteiger charge is 2.21. The first-order chi connectivity index (χ1) is 22.0. The SMILES string of the molecule is N#Cc1nccc(NC2CCN(Cc3ccc(-n4c(-c5cccnc5N)nc5ccc(-c6ccc(F)cn6)nc54)cc3)CC2)n1. The average molecular weight is 598 g/mol. The van der Waals surface area contributed by atoms with Crippen molar-refractivity contribution >= 4 is 22.8 Å². The number of nitrogens with one attached hydrogen (secondary N) is 1. The van der Waals surface area contributed by atoms with Crippen molar-refractivity contribution in [1.29, 1.82) is 5.26 Å². The Bertz CT molecular complexity index is 2010. The molecule has 0 bridgehead atoms. The molecule has 12 heteroatoms. The molecule has 1 saturated heterocycles. The van der Waals surface area contributed by atoms with Gasteiger partial charge in [-0.3, -0.25) is 14.5 Å². The summed E-state index contributed by atoms with van der Waals surface area (Å²) in [5.74, 6) is 1.44. The van der Waals surface area contributed by atoms with Gasteiger partial charge in [-0.1, -0.05) is 12.1 Å². The zero-order valence-corrected chi connectivity index (χ0v) is 24.2. The minimum Gasteiger partial charge on any atom is -0.383 e. The van der Waals surface area contributed by atoms with Gasteiger partial charge in [-0.05, 0) is 73.0 Å². The second kappa shape index (κ2) is 12.1. The van der Waals surface area contributed by atoms with Crippen molar-refractivity contribution < 1.29 is 4.39 Å². The number of fused-ring (bicyclic) bond motifs is 1. The Morgan fingerprint density at radius 3 is 2.47 bits per heavy atom. The van der Waals surface area contributed by atoms with E-state index in [2.05, 4.69) is 54.4 Å². The quantitative estimate of drug-likeness (QED) is 0.257. The van der Waals surface area contributed by atoms with Gasteiger partial charge in [-0.25, -0.2) is 29.3 Å². The molecule has 1 aliphatic heterocycles. The molecule has 0 amide bonds. The van der Waals surface area contributed by atoms with E-state index in [0.29, 0.717) is 51.6 Å². The topological polar surface area (TPSA) is 147 Å². The van der Waals surface area contributed by atoms with E-state index in [-0.39, 0.29) is 5.82 Å². The van der Waals surface area contributed by atoms with Crippen LogP contribution in [-0.4, -0.2) is 58.5 Å². The van der Waals surface area contributed by atoms with E-state index < -0.39 is 5.82 Å². The van der Waals surface area contributed by atoms with E-state index in [9.17, 15) is 4.39 Å². The molecule has 222 valence electrons. The van der Waals surface area contributed by atoms with E-state index in [4.69, 9.17) is 21.0 Å². The van der Waals surface area contributed by atoms with Gasteiger partial charge in [0, 0.05) is 43.8 Å². The Kier molecular flexibility index (Phi) is 7.51. The molecular formula is C33H28FN11. The normalized spacial score (nSPS) is 14.0. The zero-order valence-electron chi connectivity index (χ0n) is 24.2. The first-order valence-electron chi connectivity index (χ1n) is 14.6. The molecule has 1 aromatic carbocycles. The lowest BCUT2D eigenvalue weighted by atomic mass is 10.0. The van der Waals surface area contributed by atoms with Crippen molar-refractivity contribution in [3.8, 4) is 34.5 Å². The predicted octanol–water partition coefficient (Wildman–Crippen LogP) is 5.00. The third-order valence-corrected chi connectivity index (χ3v) is 7.87. The van der Waals surface area contributed by atoms with Crippen LogP contribution >= 0.6 is 0 Å². The number of benzene rings is 1. The average Bonchev–Trinajstić information content (AvgIpc) is 3.45. The number of halogens is 1. The maximum Gasteiger partial charge on any atom is 0.234 e. The lowest BCUT2D eigenvalue weighted by molar-refractivity contribution is 0.211. The van der Waals surface area contributed by atoms with Crippen LogP contribution in [0, 0.1) is 17.1 Å². The molecule has 7 rings (SSSR count). The Morgan fingerprint density at radius 2 is 1.71 bits per heavy atom. The fourth-order valence-corrected chi connectivity index (χ4v) is 5.61. The third-order valence-electron chi connectivity index (χ3n) is 7.87. The largest absolute Gasteiger partial charge is 0.383 e. The van der Waals surface area contributed by atoms with Gasteiger partial charge in [-0.15, -0.1) is 0 Å². The maximum absolute atomic E-state index is 13.5. The van der Waals surface area contributed by atoms with Gasteiger partial charge in [0.05, 0.1) is 23.1 Å². The Labute approximate surface area is 258 Å². The van der Waals surface area contributed by atoms with Crippen molar-refractivity contribution in [2.24, 2.45) is 0 Å². The van der Waals surface area contributed by atoms with Crippen LogP contribution in [0.2, 0.25) is 0 Å². The molecule has 3 N–H and O–H groups in total. The number of hydrogen-bond donors (Lipinski definition) is 2. The summed E-state index contributed by atoms with van der Waals surface area (Å²) in [5, 5.41) is 12.5. The van der Waals surface area contributed by atoms with Gasteiger partial charge < -0.3 is 11.1 Å². The van der Waals surface area contributed by atoms with Crippen molar-refractivity contribution in [2.75, 3.05) is 24.1 Å². The number of nitrogens with zero attached hydrogens (tertiary/aromatic N) is 9. The first kappa shape index (κ1) is 28.0. The molecule has 45 heavy (non-hydrogen) atoms. The van der Waals surface area contributed by atoms with E-state index in [1.165, 1.54) is 17.8 Å². The van der Waals surface area contributed by atoms with Crippen molar-refractivity contribution in [3.63, 3.8) is 0 Å². The van der Waals surface area contributed by atoms with Crippen LogP contribution in [0.25, 0.3) is 39.6 Å². The minimum absolute atomic E-state index is 0.168. The lowest BCUT2D eigenvalue weighted by Crippen LogP contribution is -2.38. The Hall–Kier alpha value is -5.80. The van der Waals surface area contributed by atoms with Crippen LogP contribution in [0.15, 0.2) is 85.3 Å². The summed E-state index contributed by atoms with van der Waals surface area (Å²) in [4.78, 5) is 28.9. The number of rotatable bonds is 7. The van der Waals surface area contributed by atoms with E-state index in [1.54, 1.807) is 24.5 Å². The predicted molar refractivity (Wildman–Crippen MR) is 168 cm³/mol. The molecule has 6 aromatic rings. The number of aromatic nitrogens is 7. The molecule has 6 heterocycles. The summed E-state index contributed by atoms with van der Waals surface area (Å²) in [6.07, 6.45) is 6.37. The summed E-state index contributed by atoms with van der Waals surface area (Å²) in [7, 11) is 0. The third kappa shape index (κ3) is 5.89. The van der Waals surface area contributed by atoms with Gasteiger partial charge in [0.2, 0.25) is 5.82 Å². The van der Waals surface area contributed by atoms with Crippen LogP contribution in [-0.2, 0) is 6.54 Å². The Balaban J connectivity index is 1.13. The summed E-state index contributed by atoms with van der Waals surface area (Å²) < 4.78 is 15.5. The number of likely N-dealkylation sites (tertiary alicyclic amines) is 1. The van der Waals surface area contributed by atoms with Gasteiger partial charge in [0.25, 0.3) is 0 Å². The number of anilines is 2. The fraction of sp³-hybridized carbons (Fsp3) is 0.182. The molecule has 0 unspecified atom stereocenters. The number of nitrogen functional groups attached to an aromatic ring is 1. The molecular weight excluding hydrogens is 569 g/mol. The van der Waals surface area contributed by atoms with Crippen LogP contribution in [0.3, 0.4) is 0 Å². The number of piperidine rings is 1. The lowest BCUT2D eigenvalue weighted by Gasteiger charge is -2.32. The van der Waals surface area contributed by atoms with Gasteiger partial charge in [0.1, 0.15) is 29.0 Å². The van der Waals surface area contributed by atoms with Gasteiger partial charge in [0.15, 0.2) is 11.5 Å².